The smallest absolute Gasteiger partial charge is 0.242 e. The predicted molar refractivity (Wildman–Crippen MR) is 81.2 cm³/mol. The summed E-state index contributed by atoms with van der Waals surface area (Å²) in [6.45, 7) is 0. The highest BCUT2D eigenvalue weighted by molar-refractivity contribution is 7.99. The Morgan fingerprint density at radius 3 is 2.57 bits per heavy atom. The van der Waals surface area contributed by atoms with Crippen LogP contribution in [-0.2, 0) is 4.79 Å². The van der Waals surface area contributed by atoms with Crippen LogP contribution >= 0.6 is 11.8 Å². The Hall–Kier alpha value is -2.14. The van der Waals surface area contributed by atoms with Gasteiger partial charge in [0.1, 0.15) is 11.1 Å². The molecule has 0 saturated heterocycles. The minimum Gasteiger partial charge on any atom is -0.324 e. The summed E-state index contributed by atoms with van der Waals surface area (Å²) in [5.41, 5.74) is 1.60. The van der Waals surface area contributed by atoms with Crippen LogP contribution in [0.15, 0.2) is 42.5 Å². The number of hydrogen-bond acceptors (Lipinski definition) is 3. The first-order valence-electron chi connectivity index (χ1n) is 6.39. The summed E-state index contributed by atoms with van der Waals surface area (Å²) < 4.78 is 13.8. The van der Waals surface area contributed by atoms with E-state index in [2.05, 4.69) is 5.32 Å². The molecule has 1 N–H and O–H groups in total. The highest BCUT2D eigenvalue weighted by Crippen LogP contribution is 2.41. The highest BCUT2D eigenvalue weighted by atomic mass is 32.2. The third-order valence-electron chi connectivity index (χ3n) is 3.46. The van der Waals surface area contributed by atoms with Crippen molar-refractivity contribution < 1.29 is 14.0 Å². The van der Waals surface area contributed by atoms with Crippen molar-refractivity contribution in [2.24, 2.45) is 0 Å². The van der Waals surface area contributed by atoms with Gasteiger partial charge >= 0.3 is 0 Å². The zero-order chi connectivity index (χ0) is 15.0. The summed E-state index contributed by atoms with van der Waals surface area (Å²) in [5, 5.41) is 2.41. The van der Waals surface area contributed by atoms with Crippen LogP contribution in [0.2, 0.25) is 0 Å². The Morgan fingerprint density at radius 1 is 1.14 bits per heavy atom. The van der Waals surface area contributed by atoms with Crippen LogP contribution < -0.4 is 5.32 Å². The molecule has 0 spiro atoms. The largest absolute Gasteiger partial charge is 0.324 e. The number of carbonyl (C=O) groups excluding carboxylic acids is 2. The fourth-order valence-corrected chi connectivity index (χ4v) is 3.20. The van der Waals surface area contributed by atoms with Gasteiger partial charge in [-0.05, 0) is 30.0 Å². The third-order valence-corrected chi connectivity index (χ3v) is 4.40. The van der Waals surface area contributed by atoms with E-state index in [0.717, 1.165) is 5.56 Å². The minimum atomic E-state index is -0.564. The van der Waals surface area contributed by atoms with E-state index in [1.807, 2.05) is 12.3 Å². The summed E-state index contributed by atoms with van der Waals surface area (Å²) in [4.78, 5) is 24.5. The molecule has 21 heavy (non-hydrogen) atoms. The van der Waals surface area contributed by atoms with Gasteiger partial charge in [-0.2, -0.15) is 0 Å². The van der Waals surface area contributed by atoms with E-state index in [1.165, 1.54) is 30.0 Å². The molecule has 2 aromatic rings. The number of halogens is 1. The van der Waals surface area contributed by atoms with Crippen LogP contribution in [0.25, 0.3) is 0 Å². The predicted octanol–water partition coefficient (Wildman–Crippen LogP) is 3.41. The zero-order valence-electron chi connectivity index (χ0n) is 11.2. The molecule has 106 valence electrons. The summed E-state index contributed by atoms with van der Waals surface area (Å²) >= 11 is 1.41. The van der Waals surface area contributed by atoms with Gasteiger partial charge in [-0.15, -0.1) is 11.8 Å². The molecule has 0 saturated carbocycles. The number of thioether (sulfide) groups is 1. The van der Waals surface area contributed by atoms with Gasteiger partial charge in [0.05, 0.1) is 11.3 Å². The molecular weight excluding hydrogens is 289 g/mol. The molecule has 0 fully saturated rings. The molecule has 3 nitrogen and oxygen atoms in total. The monoisotopic (exact) mass is 301 g/mol. The molecule has 0 aromatic heterocycles. The molecule has 0 aliphatic carbocycles. The van der Waals surface area contributed by atoms with Crippen molar-refractivity contribution in [2.75, 3.05) is 11.6 Å². The number of hydrogen-bond donors (Lipinski definition) is 1. The number of amides is 1. The Labute approximate surface area is 125 Å². The highest BCUT2D eigenvalue weighted by Gasteiger charge is 2.33. The van der Waals surface area contributed by atoms with Gasteiger partial charge < -0.3 is 5.32 Å². The average Bonchev–Trinajstić information content (AvgIpc) is 2.82. The topological polar surface area (TPSA) is 46.2 Å². The second-order valence-corrected chi connectivity index (χ2v) is 5.63. The van der Waals surface area contributed by atoms with Gasteiger partial charge in [-0.25, -0.2) is 4.39 Å². The number of carbonyl (C=O) groups is 2. The first kappa shape index (κ1) is 13.8. The van der Waals surface area contributed by atoms with E-state index < -0.39 is 11.6 Å². The summed E-state index contributed by atoms with van der Waals surface area (Å²) in [6, 6.07) is 11.0. The molecule has 0 radical (unpaired) electrons. The van der Waals surface area contributed by atoms with Crippen LogP contribution in [0.1, 0.15) is 26.7 Å². The van der Waals surface area contributed by atoms with E-state index in [9.17, 15) is 14.0 Å². The SMILES string of the molecule is CSC1C(=O)Nc2c(C(=O)c3ccccc3F)cccc21. The molecule has 1 amide bonds. The second kappa shape index (κ2) is 5.33. The van der Waals surface area contributed by atoms with Crippen LogP contribution in [-0.4, -0.2) is 17.9 Å². The minimum absolute atomic E-state index is 0.00718. The Morgan fingerprint density at radius 2 is 1.86 bits per heavy atom. The summed E-state index contributed by atoms with van der Waals surface area (Å²) in [7, 11) is 0. The van der Waals surface area contributed by atoms with E-state index in [0.29, 0.717) is 11.3 Å². The second-order valence-electron chi connectivity index (χ2n) is 4.68. The molecule has 1 heterocycles. The fraction of sp³-hybridized carbons (Fsp3) is 0.125. The van der Waals surface area contributed by atoms with Crippen LogP contribution in [0.3, 0.4) is 0 Å². The van der Waals surface area contributed by atoms with Crippen LogP contribution in [0, 0.1) is 5.82 Å². The lowest BCUT2D eigenvalue weighted by Crippen LogP contribution is -2.10. The maximum Gasteiger partial charge on any atom is 0.242 e. The van der Waals surface area contributed by atoms with Crippen molar-refractivity contribution in [2.45, 2.75) is 5.25 Å². The molecule has 0 bridgehead atoms. The number of benzene rings is 2. The van der Waals surface area contributed by atoms with Crippen molar-refractivity contribution in [3.8, 4) is 0 Å². The van der Waals surface area contributed by atoms with E-state index >= 15 is 0 Å². The third kappa shape index (κ3) is 2.23. The van der Waals surface area contributed by atoms with Crippen molar-refractivity contribution in [3.63, 3.8) is 0 Å². The molecule has 1 aliphatic rings. The van der Waals surface area contributed by atoms with E-state index in [4.69, 9.17) is 0 Å². The van der Waals surface area contributed by atoms with Gasteiger partial charge in [0.2, 0.25) is 5.91 Å². The van der Waals surface area contributed by atoms with Gasteiger partial charge in [0.25, 0.3) is 0 Å². The summed E-state index contributed by atoms with van der Waals surface area (Å²) in [6.07, 6.45) is 1.84. The lowest BCUT2D eigenvalue weighted by Gasteiger charge is -2.08. The average molecular weight is 301 g/mol. The maximum atomic E-state index is 13.8. The van der Waals surface area contributed by atoms with Crippen molar-refractivity contribution >= 4 is 29.1 Å². The quantitative estimate of drug-likeness (QED) is 0.884. The van der Waals surface area contributed by atoms with Crippen LogP contribution in [0.4, 0.5) is 10.1 Å². The van der Waals surface area contributed by atoms with Crippen LogP contribution in [0.5, 0.6) is 0 Å². The van der Waals surface area contributed by atoms with Gasteiger partial charge in [0.15, 0.2) is 5.78 Å². The Kier molecular flexibility index (Phi) is 3.51. The zero-order valence-corrected chi connectivity index (χ0v) is 12.0. The van der Waals surface area contributed by atoms with E-state index in [1.54, 1.807) is 18.2 Å². The maximum absolute atomic E-state index is 13.8. The number of nitrogens with one attached hydrogen (secondary N) is 1. The van der Waals surface area contributed by atoms with Crippen molar-refractivity contribution in [3.05, 3.63) is 65.0 Å². The fourth-order valence-electron chi connectivity index (χ4n) is 2.47. The summed E-state index contributed by atoms with van der Waals surface area (Å²) in [5.74, 6) is -1.14. The Bertz CT molecular complexity index is 745. The first-order chi connectivity index (χ1) is 10.1. The molecular formula is C16H12FNO2S. The lowest BCUT2D eigenvalue weighted by atomic mass is 9.99. The van der Waals surface area contributed by atoms with Gasteiger partial charge in [-0.1, -0.05) is 24.3 Å². The molecule has 1 aliphatic heterocycles. The number of para-hydroxylation sites is 1. The standard InChI is InChI=1S/C16H12FNO2S/c1-21-15-11-7-4-6-10(13(11)18-16(15)20)14(19)9-5-2-3-8-12(9)17/h2-8,15H,1H3,(H,18,20). The normalized spacial score (nSPS) is 16.5. The Balaban J connectivity index is 2.10. The molecule has 1 atom stereocenters. The molecule has 3 rings (SSSR count). The lowest BCUT2D eigenvalue weighted by molar-refractivity contribution is -0.115. The number of anilines is 1. The molecule has 5 heteroatoms. The van der Waals surface area contributed by atoms with Gasteiger partial charge in [-0.3, -0.25) is 9.59 Å². The van der Waals surface area contributed by atoms with E-state index in [-0.39, 0.29) is 16.7 Å². The molecule has 1 unspecified atom stereocenters. The van der Waals surface area contributed by atoms with Crippen molar-refractivity contribution in [1.29, 1.82) is 0 Å². The number of rotatable bonds is 3. The first-order valence-corrected chi connectivity index (χ1v) is 7.68. The number of fused-ring (bicyclic) bond motifs is 1. The van der Waals surface area contributed by atoms with Gasteiger partial charge in [0, 0.05) is 5.56 Å². The number of ketones is 1. The molecule has 2 aromatic carbocycles. The van der Waals surface area contributed by atoms with Crippen molar-refractivity contribution in [1.82, 2.24) is 0 Å².